The van der Waals surface area contributed by atoms with Gasteiger partial charge >= 0.3 is 6.18 Å². The van der Waals surface area contributed by atoms with Gasteiger partial charge in [0, 0.05) is 30.7 Å². The van der Waals surface area contributed by atoms with Gasteiger partial charge < -0.3 is 15.0 Å². The Hall–Kier alpha value is -2.48. The molecule has 1 atom stereocenters. The smallest absolute Gasteiger partial charge is 0.417 e. The van der Waals surface area contributed by atoms with Crippen LogP contribution in [-0.2, 0) is 11.0 Å². The Morgan fingerprint density at radius 1 is 1.33 bits per heavy atom. The van der Waals surface area contributed by atoms with Crippen LogP contribution >= 0.6 is 11.6 Å². The summed E-state index contributed by atoms with van der Waals surface area (Å²) in [5.41, 5.74) is -0.234. The number of pyridine rings is 1. The van der Waals surface area contributed by atoms with E-state index in [0.29, 0.717) is 41.7 Å². The standard InChI is InChI=1S/C21H23ClF3N3O2/c1-30-18-7-6-16(22)11-17(18)27-20(29)9-4-14-3-2-10-28(13-14)19-8-5-15(12-26-19)21(23,24)25/h5-8,11-12,14H,2-4,9-10,13H2,1H3,(H,27,29)/t14-/m0/s1. The van der Waals surface area contributed by atoms with E-state index in [1.165, 1.54) is 13.2 Å². The van der Waals surface area contributed by atoms with Gasteiger partial charge in [-0.3, -0.25) is 4.79 Å². The molecule has 2 heterocycles. The van der Waals surface area contributed by atoms with Crippen LogP contribution in [0, 0.1) is 5.92 Å². The number of amides is 1. The monoisotopic (exact) mass is 441 g/mol. The van der Waals surface area contributed by atoms with Crippen molar-refractivity contribution in [3.05, 3.63) is 47.1 Å². The molecule has 3 rings (SSSR count). The molecule has 1 aromatic heterocycles. The number of carbonyl (C=O) groups excluding carboxylic acids is 1. The molecule has 1 aromatic carbocycles. The number of hydrogen-bond acceptors (Lipinski definition) is 4. The number of nitrogens with one attached hydrogen (secondary N) is 1. The second-order valence-corrected chi connectivity index (χ2v) is 7.72. The number of aromatic nitrogens is 1. The van der Waals surface area contributed by atoms with Gasteiger partial charge in [-0.1, -0.05) is 11.6 Å². The highest BCUT2D eigenvalue weighted by molar-refractivity contribution is 6.31. The van der Waals surface area contributed by atoms with Crippen molar-refractivity contribution in [2.24, 2.45) is 5.92 Å². The number of hydrogen-bond donors (Lipinski definition) is 1. The Bertz CT molecular complexity index is 875. The van der Waals surface area contributed by atoms with Crippen LogP contribution in [0.2, 0.25) is 5.02 Å². The van der Waals surface area contributed by atoms with Crippen molar-refractivity contribution in [2.45, 2.75) is 31.9 Å². The lowest BCUT2D eigenvalue weighted by Gasteiger charge is -2.33. The van der Waals surface area contributed by atoms with Crippen LogP contribution < -0.4 is 15.0 Å². The third-order valence-corrected chi connectivity index (χ3v) is 5.37. The van der Waals surface area contributed by atoms with E-state index in [-0.39, 0.29) is 11.8 Å². The predicted octanol–water partition coefficient (Wildman–Crippen LogP) is 5.40. The number of nitrogens with zero attached hydrogens (tertiary/aromatic N) is 2. The first kappa shape index (κ1) is 22.2. The summed E-state index contributed by atoms with van der Waals surface area (Å²) < 4.78 is 43.4. The van der Waals surface area contributed by atoms with Gasteiger partial charge in [0.05, 0.1) is 18.4 Å². The van der Waals surface area contributed by atoms with Gasteiger partial charge in [-0.25, -0.2) is 4.98 Å². The number of alkyl halides is 3. The molecule has 1 saturated heterocycles. The third kappa shape index (κ3) is 5.78. The minimum atomic E-state index is -4.39. The van der Waals surface area contributed by atoms with E-state index in [9.17, 15) is 18.0 Å². The highest BCUT2D eigenvalue weighted by Crippen LogP contribution is 2.31. The molecule has 1 aliphatic heterocycles. The lowest BCUT2D eigenvalue weighted by molar-refractivity contribution is -0.137. The quantitative estimate of drug-likeness (QED) is 0.652. The lowest BCUT2D eigenvalue weighted by atomic mass is 9.93. The van der Waals surface area contributed by atoms with E-state index in [4.69, 9.17) is 16.3 Å². The van der Waals surface area contributed by atoms with E-state index >= 15 is 0 Å². The summed E-state index contributed by atoms with van der Waals surface area (Å²) in [5.74, 6) is 1.18. The number of halogens is 4. The predicted molar refractivity (Wildman–Crippen MR) is 110 cm³/mol. The fourth-order valence-electron chi connectivity index (χ4n) is 3.58. The SMILES string of the molecule is COc1ccc(Cl)cc1NC(=O)CC[C@@H]1CCCN(c2ccc(C(F)(F)F)cn2)C1. The zero-order valence-corrected chi connectivity index (χ0v) is 17.3. The minimum Gasteiger partial charge on any atom is -0.495 e. The fraction of sp³-hybridized carbons (Fsp3) is 0.429. The topological polar surface area (TPSA) is 54.5 Å². The van der Waals surface area contributed by atoms with Crippen molar-refractivity contribution in [1.82, 2.24) is 4.98 Å². The number of anilines is 2. The molecule has 0 radical (unpaired) electrons. The van der Waals surface area contributed by atoms with Crippen LogP contribution in [0.25, 0.3) is 0 Å². The van der Waals surface area contributed by atoms with Gasteiger partial charge in [-0.15, -0.1) is 0 Å². The maximum atomic E-state index is 12.7. The van der Waals surface area contributed by atoms with Crippen molar-refractivity contribution >= 4 is 29.0 Å². The number of methoxy groups -OCH3 is 1. The third-order valence-electron chi connectivity index (χ3n) is 5.13. The lowest BCUT2D eigenvalue weighted by Crippen LogP contribution is -2.36. The number of benzene rings is 1. The van der Waals surface area contributed by atoms with Crippen LogP contribution in [-0.4, -0.2) is 31.1 Å². The van der Waals surface area contributed by atoms with Crippen LogP contribution in [0.4, 0.5) is 24.7 Å². The Kier molecular flexibility index (Phi) is 7.07. The number of rotatable bonds is 6. The molecule has 0 unspecified atom stereocenters. The Balaban J connectivity index is 1.54. The maximum absolute atomic E-state index is 12.7. The average Bonchev–Trinajstić information content (AvgIpc) is 2.72. The van der Waals surface area contributed by atoms with Gasteiger partial charge in [0.25, 0.3) is 0 Å². The fourth-order valence-corrected chi connectivity index (χ4v) is 3.75. The molecule has 162 valence electrons. The number of piperidine rings is 1. The summed E-state index contributed by atoms with van der Waals surface area (Å²) in [6, 6.07) is 7.47. The van der Waals surface area contributed by atoms with Crippen LogP contribution in [0.15, 0.2) is 36.5 Å². The van der Waals surface area contributed by atoms with E-state index in [1.807, 2.05) is 4.90 Å². The molecule has 9 heteroatoms. The van der Waals surface area contributed by atoms with Gasteiger partial charge in [0.1, 0.15) is 11.6 Å². The first-order valence-electron chi connectivity index (χ1n) is 9.68. The zero-order valence-electron chi connectivity index (χ0n) is 16.5. The van der Waals surface area contributed by atoms with E-state index in [1.54, 1.807) is 18.2 Å². The molecule has 5 nitrogen and oxygen atoms in total. The second-order valence-electron chi connectivity index (χ2n) is 7.29. The summed E-state index contributed by atoms with van der Waals surface area (Å²) in [5, 5.41) is 3.32. The van der Waals surface area contributed by atoms with Gasteiger partial charge in [0.15, 0.2) is 0 Å². The summed E-state index contributed by atoms with van der Waals surface area (Å²) in [6.07, 6.45) is -0.664. The van der Waals surface area contributed by atoms with Crippen molar-refractivity contribution < 1.29 is 22.7 Å². The first-order valence-corrected chi connectivity index (χ1v) is 10.1. The molecule has 1 fully saturated rings. The van der Waals surface area contributed by atoms with Crippen LogP contribution in [0.3, 0.4) is 0 Å². The molecule has 0 saturated carbocycles. The first-order chi connectivity index (χ1) is 14.3. The molecular formula is C21H23ClF3N3O2. The molecule has 1 amide bonds. The maximum Gasteiger partial charge on any atom is 0.417 e. The molecule has 1 N–H and O–H groups in total. The van der Waals surface area contributed by atoms with E-state index in [0.717, 1.165) is 31.6 Å². The summed E-state index contributed by atoms with van der Waals surface area (Å²) in [6.45, 7) is 1.40. The summed E-state index contributed by atoms with van der Waals surface area (Å²) >= 11 is 5.98. The van der Waals surface area contributed by atoms with E-state index < -0.39 is 11.7 Å². The zero-order chi connectivity index (χ0) is 21.7. The largest absolute Gasteiger partial charge is 0.495 e. The number of ether oxygens (including phenoxy) is 1. The van der Waals surface area contributed by atoms with E-state index in [2.05, 4.69) is 10.3 Å². The normalized spacial score (nSPS) is 17.0. The molecule has 30 heavy (non-hydrogen) atoms. The minimum absolute atomic E-state index is 0.139. The van der Waals surface area contributed by atoms with Crippen molar-refractivity contribution in [3.8, 4) is 5.75 Å². The molecular weight excluding hydrogens is 419 g/mol. The van der Waals surface area contributed by atoms with Crippen molar-refractivity contribution in [2.75, 3.05) is 30.4 Å². The highest BCUT2D eigenvalue weighted by Gasteiger charge is 2.31. The summed E-state index contributed by atoms with van der Waals surface area (Å²) in [7, 11) is 1.52. The molecule has 2 aromatic rings. The highest BCUT2D eigenvalue weighted by atomic mass is 35.5. The van der Waals surface area contributed by atoms with Gasteiger partial charge in [-0.05, 0) is 55.5 Å². The molecule has 1 aliphatic rings. The average molecular weight is 442 g/mol. The molecule has 0 spiro atoms. The molecule has 0 bridgehead atoms. The van der Waals surface area contributed by atoms with Crippen molar-refractivity contribution in [1.29, 1.82) is 0 Å². The van der Waals surface area contributed by atoms with Crippen LogP contribution in [0.5, 0.6) is 5.75 Å². The molecule has 0 aliphatic carbocycles. The Morgan fingerprint density at radius 2 is 2.13 bits per heavy atom. The van der Waals surface area contributed by atoms with Crippen LogP contribution in [0.1, 0.15) is 31.2 Å². The Morgan fingerprint density at radius 3 is 2.80 bits per heavy atom. The van der Waals surface area contributed by atoms with Gasteiger partial charge in [0.2, 0.25) is 5.91 Å². The van der Waals surface area contributed by atoms with Gasteiger partial charge in [-0.2, -0.15) is 13.2 Å². The number of carbonyl (C=O) groups is 1. The second kappa shape index (κ2) is 9.55. The van der Waals surface area contributed by atoms with Crippen molar-refractivity contribution in [3.63, 3.8) is 0 Å². The Labute approximate surface area is 178 Å². The summed E-state index contributed by atoms with van der Waals surface area (Å²) in [4.78, 5) is 18.3.